The zero-order chi connectivity index (χ0) is 9.84. The molecule has 0 unspecified atom stereocenters. The molecule has 0 atom stereocenters. The molecule has 0 saturated heterocycles. The summed E-state index contributed by atoms with van der Waals surface area (Å²) in [6.07, 6.45) is 0. The Morgan fingerprint density at radius 3 is 2.77 bits per heavy atom. The van der Waals surface area contributed by atoms with Crippen molar-refractivity contribution in [3.8, 4) is 5.88 Å². The van der Waals surface area contributed by atoms with Gasteiger partial charge in [0.2, 0.25) is 5.95 Å². The molecule has 0 aliphatic rings. The topological polar surface area (TPSA) is 87.3 Å². The highest BCUT2D eigenvalue weighted by atomic mass is 17.2. The molecule has 0 aliphatic carbocycles. The summed E-state index contributed by atoms with van der Waals surface area (Å²) >= 11 is 0. The van der Waals surface area contributed by atoms with Crippen LogP contribution in [0, 0.1) is 6.92 Å². The molecule has 0 aromatic carbocycles. The Morgan fingerprint density at radius 1 is 1.54 bits per heavy atom. The largest absolute Gasteiger partial charge is 0.368 e. The average molecular weight is 183 g/mol. The van der Waals surface area contributed by atoms with Gasteiger partial charge in [0.05, 0.1) is 0 Å². The smallest absolute Gasteiger partial charge is 0.352 e. The van der Waals surface area contributed by atoms with Gasteiger partial charge in [-0.25, -0.2) is 14.7 Å². The fourth-order valence-corrected chi connectivity index (χ4v) is 0.706. The summed E-state index contributed by atoms with van der Waals surface area (Å²) in [5.74, 6) is -0.378. The van der Waals surface area contributed by atoms with Gasteiger partial charge >= 0.3 is 5.97 Å². The first-order valence-corrected chi connectivity index (χ1v) is 3.54. The van der Waals surface area contributed by atoms with E-state index in [4.69, 9.17) is 5.73 Å². The van der Waals surface area contributed by atoms with Crippen molar-refractivity contribution in [1.82, 2.24) is 9.97 Å². The van der Waals surface area contributed by atoms with E-state index in [0.29, 0.717) is 5.69 Å². The number of hydrogen-bond donors (Lipinski definition) is 1. The summed E-state index contributed by atoms with van der Waals surface area (Å²) in [4.78, 5) is 26.6. The molecule has 0 bridgehead atoms. The Bertz CT molecular complexity index is 307. The first kappa shape index (κ1) is 9.24. The maximum atomic E-state index is 10.4. The van der Waals surface area contributed by atoms with Gasteiger partial charge in [-0.05, 0) is 6.92 Å². The van der Waals surface area contributed by atoms with E-state index in [2.05, 4.69) is 19.7 Å². The zero-order valence-electron chi connectivity index (χ0n) is 7.27. The molecule has 1 rings (SSSR count). The number of carbonyl (C=O) groups is 1. The summed E-state index contributed by atoms with van der Waals surface area (Å²) in [6.45, 7) is 2.94. The summed E-state index contributed by atoms with van der Waals surface area (Å²) in [6, 6.07) is 1.50. The lowest BCUT2D eigenvalue weighted by Gasteiger charge is -2.02. The minimum Gasteiger partial charge on any atom is -0.368 e. The van der Waals surface area contributed by atoms with Crippen molar-refractivity contribution in [2.75, 3.05) is 5.73 Å². The third-order valence-electron chi connectivity index (χ3n) is 1.09. The molecule has 0 aliphatic heterocycles. The van der Waals surface area contributed by atoms with Gasteiger partial charge in [0.15, 0.2) is 0 Å². The van der Waals surface area contributed by atoms with Crippen LogP contribution in [0.5, 0.6) is 5.88 Å². The quantitative estimate of drug-likeness (QED) is 0.521. The van der Waals surface area contributed by atoms with Gasteiger partial charge in [0.25, 0.3) is 5.88 Å². The molecule has 0 spiro atoms. The van der Waals surface area contributed by atoms with Crippen LogP contribution in [-0.4, -0.2) is 15.9 Å². The third kappa shape index (κ3) is 2.94. The normalized spacial score (nSPS) is 9.38. The van der Waals surface area contributed by atoms with Gasteiger partial charge in [-0.2, -0.15) is 4.98 Å². The molecular formula is C7H9N3O3. The minimum atomic E-state index is -0.560. The number of nitrogens with two attached hydrogens (primary N) is 1. The molecule has 0 amide bonds. The summed E-state index contributed by atoms with van der Waals surface area (Å²) in [7, 11) is 0. The number of nitrogens with zero attached hydrogens (tertiary/aromatic N) is 2. The number of rotatable bonds is 2. The van der Waals surface area contributed by atoms with Gasteiger partial charge in [-0.15, -0.1) is 0 Å². The Balaban J connectivity index is 2.71. The van der Waals surface area contributed by atoms with Gasteiger partial charge in [-0.1, -0.05) is 0 Å². The van der Waals surface area contributed by atoms with Gasteiger partial charge in [0, 0.05) is 18.7 Å². The SMILES string of the molecule is CC(=O)OOc1cc(C)nc(N)n1. The number of aromatic nitrogens is 2. The van der Waals surface area contributed by atoms with Crippen molar-refractivity contribution in [2.45, 2.75) is 13.8 Å². The van der Waals surface area contributed by atoms with Crippen LogP contribution in [-0.2, 0) is 9.68 Å². The molecule has 6 nitrogen and oxygen atoms in total. The second kappa shape index (κ2) is 3.70. The second-order valence-electron chi connectivity index (χ2n) is 2.36. The van der Waals surface area contributed by atoms with Crippen LogP contribution in [0.1, 0.15) is 12.6 Å². The number of aryl methyl sites for hydroxylation is 1. The summed E-state index contributed by atoms with van der Waals surface area (Å²) in [5, 5.41) is 0. The number of carbonyl (C=O) groups excluding carboxylic acids is 1. The Kier molecular flexibility index (Phi) is 2.63. The third-order valence-corrected chi connectivity index (χ3v) is 1.09. The summed E-state index contributed by atoms with van der Waals surface area (Å²) in [5.41, 5.74) is 5.96. The van der Waals surface area contributed by atoms with E-state index in [-0.39, 0.29) is 11.8 Å². The lowest BCUT2D eigenvalue weighted by molar-refractivity contribution is -0.212. The predicted octanol–water partition coefficient (Wildman–Crippen LogP) is 0.224. The first-order valence-electron chi connectivity index (χ1n) is 3.54. The first-order chi connectivity index (χ1) is 6.08. The molecule has 2 N–H and O–H groups in total. The van der Waals surface area contributed by atoms with Crippen molar-refractivity contribution >= 4 is 11.9 Å². The fourth-order valence-electron chi connectivity index (χ4n) is 0.706. The number of hydrogen-bond acceptors (Lipinski definition) is 6. The molecule has 13 heavy (non-hydrogen) atoms. The van der Waals surface area contributed by atoms with Crippen LogP contribution >= 0.6 is 0 Å². The summed E-state index contributed by atoms with van der Waals surface area (Å²) < 4.78 is 0. The van der Waals surface area contributed by atoms with Crippen LogP contribution in [0.3, 0.4) is 0 Å². The van der Waals surface area contributed by atoms with E-state index >= 15 is 0 Å². The van der Waals surface area contributed by atoms with Crippen molar-refractivity contribution in [2.24, 2.45) is 0 Å². The van der Waals surface area contributed by atoms with Crippen molar-refractivity contribution in [3.05, 3.63) is 11.8 Å². The molecule has 0 fully saturated rings. The highest BCUT2D eigenvalue weighted by molar-refractivity contribution is 5.65. The van der Waals surface area contributed by atoms with Crippen LogP contribution < -0.4 is 10.6 Å². The lowest BCUT2D eigenvalue weighted by atomic mass is 10.4. The van der Waals surface area contributed by atoms with Gasteiger partial charge in [-0.3, -0.25) is 4.89 Å². The van der Waals surface area contributed by atoms with E-state index in [1.807, 2.05) is 0 Å². The lowest BCUT2D eigenvalue weighted by Crippen LogP contribution is -2.06. The van der Waals surface area contributed by atoms with E-state index in [9.17, 15) is 4.79 Å². The van der Waals surface area contributed by atoms with Gasteiger partial charge < -0.3 is 5.73 Å². The molecule has 1 heterocycles. The maximum absolute atomic E-state index is 10.4. The average Bonchev–Trinajstić information content (AvgIpc) is 1.99. The standard InChI is InChI=1S/C7H9N3O3/c1-4-3-6(10-7(8)9-4)13-12-5(2)11/h3H,1-2H3,(H2,8,9,10). The van der Waals surface area contributed by atoms with Crippen molar-refractivity contribution in [1.29, 1.82) is 0 Å². The van der Waals surface area contributed by atoms with Crippen LogP contribution in [0.25, 0.3) is 0 Å². The van der Waals surface area contributed by atoms with Crippen LogP contribution in [0.2, 0.25) is 0 Å². The van der Waals surface area contributed by atoms with E-state index in [1.165, 1.54) is 13.0 Å². The van der Waals surface area contributed by atoms with Crippen molar-refractivity contribution < 1.29 is 14.6 Å². The molecule has 0 saturated carbocycles. The Hall–Kier alpha value is -1.85. The van der Waals surface area contributed by atoms with E-state index in [1.54, 1.807) is 6.92 Å². The Labute approximate surface area is 74.6 Å². The second-order valence-corrected chi connectivity index (χ2v) is 2.36. The predicted molar refractivity (Wildman–Crippen MR) is 43.6 cm³/mol. The Morgan fingerprint density at radius 2 is 2.23 bits per heavy atom. The highest BCUT2D eigenvalue weighted by Crippen LogP contribution is 2.09. The zero-order valence-corrected chi connectivity index (χ0v) is 7.27. The van der Waals surface area contributed by atoms with Crippen molar-refractivity contribution in [3.63, 3.8) is 0 Å². The van der Waals surface area contributed by atoms with E-state index in [0.717, 1.165) is 0 Å². The van der Waals surface area contributed by atoms with Crippen LogP contribution in [0.15, 0.2) is 6.07 Å². The molecule has 1 aromatic heterocycles. The molecule has 6 heteroatoms. The molecule has 0 radical (unpaired) electrons. The molecule has 70 valence electrons. The minimum absolute atomic E-state index is 0.0714. The van der Waals surface area contributed by atoms with Gasteiger partial charge in [0.1, 0.15) is 0 Å². The maximum Gasteiger partial charge on any atom is 0.352 e. The number of nitrogen functional groups attached to an aromatic ring is 1. The van der Waals surface area contributed by atoms with E-state index < -0.39 is 5.97 Å². The number of anilines is 1. The fraction of sp³-hybridized carbons (Fsp3) is 0.286. The monoisotopic (exact) mass is 183 g/mol. The van der Waals surface area contributed by atoms with Crippen LogP contribution in [0.4, 0.5) is 5.95 Å². The molecule has 1 aromatic rings. The highest BCUT2D eigenvalue weighted by Gasteiger charge is 2.02. The molecular weight excluding hydrogens is 174 g/mol.